The SMILES string of the molecule is C=C1CC(CC)CCC12c1ccccc1-c1cccc(-c3ccc(Cl)cc3C)c12. The van der Waals surface area contributed by atoms with Gasteiger partial charge in [0.2, 0.25) is 0 Å². The Hall–Kier alpha value is -2.31. The Morgan fingerprint density at radius 1 is 0.966 bits per heavy atom. The standard InChI is InChI=1S/C28H27Cl/c1-4-20-14-15-28(19(3)17-20)26-11-6-5-8-23(26)25-10-7-9-24(27(25)28)22-13-12-21(29)16-18(22)2/h5-13,16,20H,3-4,14-15,17H2,1-2H3. The molecule has 1 spiro atoms. The van der Waals surface area contributed by atoms with Crippen LogP contribution in [0.2, 0.25) is 5.02 Å². The third-order valence-corrected chi connectivity index (χ3v) is 7.53. The molecular weight excluding hydrogens is 372 g/mol. The lowest BCUT2D eigenvalue weighted by atomic mass is 9.61. The van der Waals surface area contributed by atoms with Crippen LogP contribution in [-0.2, 0) is 5.41 Å². The molecule has 29 heavy (non-hydrogen) atoms. The van der Waals surface area contributed by atoms with Gasteiger partial charge in [0.05, 0.1) is 0 Å². The molecule has 0 radical (unpaired) electrons. The molecule has 0 aliphatic heterocycles. The fraction of sp³-hybridized carbons (Fsp3) is 0.286. The lowest BCUT2D eigenvalue weighted by Crippen LogP contribution is -2.33. The van der Waals surface area contributed by atoms with E-state index in [-0.39, 0.29) is 5.41 Å². The second kappa shape index (κ2) is 6.89. The molecule has 0 aromatic heterocycles. The van der Waals surface area contributed by atoms with Gasteiger partial charge in [0.1, 0.15) is 0 Å². The number of fused-ring (bicyclic) bond motifs is 5. The Morgan fingerprint density at radius 2 is 1.69 bits per heavy atom. The van der Waals surface area contributed by atoms with Crippen LogP contribution in [0.3, 0.4) is 0 Å². The molecule has 2 atom stereocenters. The largest absolute Gasteiger partial charge is 0.0986 e. The van der Waals surface area contributed by atoms with Crippen LogP contribution in [0.1, 0.15) is 49.3 Å². The molecule has 0 bridgehead atoms. The van der Waals surface area contributed by atoms with Crippen LogP contribution < -0.4 is 0 Å². The minimum atomic E-state index is -0.0692. The molecule has 0 nitrogen and oxygen atoms in total. The highest BCUT2D eigenvalue weighted by molar-refractivity contribution is 6.30. The van der Waals surface area contributed by atoms with Gasteiger partial charge in [-0.2, -0.15) is 0 Å². The van der Waals surface area contributed by atoms with Crippen molar-refractivity contribution < 1.29 is 0 Å². The number of aryl methyl sites for hydroxylation is 1. The van der Waals surface area contributed by atoms with E-state index in [0.29, 0.717) is 0 Å². The third-order valence-electron chi connectivity index (χ3n) is 7.29. The van der Waals surface area contributed by atoms with Crippen LogP contribution in [0.25, 0.3) is 22.3 Å². The van der Waals surface area contributed by atoms with Crippen LogP contribution >= 0.6 is 11.6 Å². The quantitative estimate of drug-likeness (QED) is 0.380. The first-order valence-corrected chi connectivity index (χ1v) is 11.1. The van der Waals surface area contributed by atoms with Crippen molar-refractivity contribution in [3.63, 3.8) is 0 Å². The Morgan fingerprint density at radius 3 is 2.41 bits per heavy atom. The van der Waals surface area contributed by atoms with Gasteiger partial charge < -0.3 is 0 Å². The molecule has 0 saturated heterocycles. The number of halogens is 1. The smallest absolute Gasteiger partial charge is 0.0427 e. The van der Waals surface area contributed by atoms with E-state index in [0.717, 1.165) is 23.8 Å². The molecule has 0 amide bonds. The van der Waals surface area contributed by atoms with Crippen molar-refractivity contribution in [2.24, 2.45) is 5.92 Å². The fourth-order valence-electron chi connectivity index (χ4n) is 5.81. The zero-order chi connectivity index (χ0) is 20.2. The molecule has 0 N–H and O–H groups in total. The first-order valence-electron chi connectivity index (χ1n) is 10.7. The van der Waals surface area contributed by atoms with E-state index in [2.05, 4.69) is 68.4 Å². The summed E-state index contributed by atoms with van der Waals surface area (Å²) < 4.78 is 0. The van der Waals surface area contributed by atoms with E-state index in [1.807, 2.05) is 6.07 Å². The third kappa shape index (κ3) is 2.66. The van der Waals surface area contributed by atoms with Gasteiger partial charge >= 0.3 is 0 Å². The van der Waals surface area contributed by atoms with Crippen molar-refractivity contribution in [1.82, 2.24) is 0 Å². The van der Waals surface area contributed by atoms with Crippen LogP contribution in [0, 0.1) is 12.8 Å². The van der Waals surface area contributed by atoms with Crippen molar-refractivity contribution in [3.05, 3.63) is 94.5 Å². The van der Waals surface area contributed by atoms with E-state index in [1.54, 1.807) is 0 Å². The van der Waals surface area contributed by atoms with Crippen molar-refractivity contribution in [2.75, 3.05) is 0 Å². The summed E-state index contributed by atoms with van der Waals surface area (Å²) in [6.07, 6.45) is 4.77. The van der Waals surface area contributed by atoms with E-state index in [4.69, 9.17) is 18.2 Å². The van der Waals surface area contributed by atoms with Gasteiger partial charge in [0, 0.05) is 10.4 Å². The van der Waals surface area contributed by atoms with Gasteiger partial charge in [-0.3, -0.25) is 0 Å². The zero-order valence-electron chi connectivity index (χ0n) is 17.3. The lowest BCUT2D eigenvalue weighted by Gasteiger charge is -2.42. The summed E-state index contributed by atoms with van der Waals surface area (Å²) in [5, 5.41) is 0.796. The average molecular weight is 399 g/mol. The second-order valence-corrected chi connectivity index (χ2v) is 9.20. The van der Waals surface area contributed by atoms with E-state index >= 15 is 0 Å². The highest BCUT2D eigenvalue weighted by atomic mass is 35.5. The van der Waals surface area contributed by atoms with E-state index < -0.39 is 0 Å². The van der Waals surface area contributed by atoms with Gasteiger partial charge in [-0.1, -0.05) is 85.6 Å². The minimum absolute atomic E-state index is 0.0692. The van der Waals surface area contributed by atoms with Gasteiger partial charge in [-0.05, 0) is 83.2 Å². The van der Waals surface area contributed by atoms with E-state index in [1.165, 1.54) is 57.4 Å². The highest BCUT2D eigenvalue weighted by Gasteiger charge is 2.48. The molecule has 5 rings (SSSR count). The minimum Gasteiger partial charge on any atom is -0.0986 e. The molecule has 3 aromatic carbocycles. The van der Waals surface area contributed by atoms with Crippen molar-refractivity contribution in [3.8, 4) is 22.3 Å². The van der Waals surface area contributed by atoms with Gasteiger partial charge in [0.15, 0.2) is 0 Å². The average Bonchev–Trinajstić information content (AvgIpc) is 3.02. The molecule has 1 heteroatoms. The number of hydrogen-bond acceptors (Lipinski definition) is 0. The Bertz CT molecular complexity index is 1120. The normalized spacial score (nSPS) is 22.6. The zero-order valence-corrected chi connectivity index (χ0v) is 18.0. The summed E-state index contributed by atoms with van der Waals surface area (Å²) in [5.74, 6) is 0.758. The molecule has 2 aliphatic carbocycles. The highest BCUT2D eigenvalue weighted by Crippen LogP contribution is 2.60. The molecule has 3 aromatic rings. The molecule has 1 saturated carbocycles. The van der Waals surface area contributed by atoms with Crippen LogP contribution in [0.4, 0.5) is 0 Å². The number of allylic oxidation sites excluding steroid dienone is 1. The maximum atomic E-state index is 6.28. The lowest BCUT2D eigenvalue weighted by molar-refractivity contribution is 0.339. The first kappa shape index (κ1) is 18.7. The molecule has 0 heterocycles. The summed E-state index contributed by atoms with van der Waals surface area (Å²) in [7, 11) is 0. The van der Waals surface area contributed by atoms with Crippen molar-refractivity contribution in [2.45, 2.75) is 44.9 Å². The molecule has 146 valence electrons. The van der Waals surface area contributed by atoms with Crippen molar-refractivity contribution >= 4 is 11.6 Å². The summed E-state index contributed by atoms with van der Waals surface area (Å²) in [5.41, 5.74) is 10.8. The Labute approximate surface area is 179 Å². The molecular formula is C28H27Cl. The first-order chi connectivity index (χ1) is 14.1. The molecule has 2 unspecified atom stereocenters. The Balaban J connectivity index is 1.81. The summed E-state index contributed by atoms with van der Waals surface area (Å²) >= 11 is 6.28. The fourth-order valence-corrected chi connectivity index (χ4v) is 6.04. The van der Waals surface area contributed by atoms with E-state index in [9.17, 15) is 0 Å². The molecule has 1 fully saturated rings. The predicted molar refractivity (Wildman–Crippen MR) is 125 cm³/mol. The summed E-state index contributed by atoms with van der Waals surface area (Å²) in [6.45, 7) is 9.17. The van der Waals surface area contributed by atoms with Gasteiger partial charge in [-0.15, -0.1) is 0 Å². The van der Waals surface area contributed by atoms with Crippen LogP contribution in [-0.4, -0.2) is 0 Å². The topological polar surface area (TPSA) is 0 Å². The Kier molecular flexibility index (Phi) is 4.44. The number of benzene rings is 3. The maximum Gasteiger partial charge on any atom is 0.0427 e. The second-order valence-electron chi connectivity index (χ2n) is 8.76. The van der Waals surface area contributed by atoms with Crippen LogP contribution in [0.15, 0.2) is 72.8 Å². The van der Waals surface area contributed by atoms with Crippen molar-refractivity contribution in [1.29, 1.82) is 0 Å². The predicted octanol–water partition coefficient (Wildman–Crippen LogP) is 8.35. The monoisotopic (exact) mass is 398 g/mol. The summed E-state index contributed by atoms with van der Waals surface area (Å²) in [4.78, 5) is 0. The van der Waals surface area contributed by atoms with Crippen LogP contribution in [0.5, 0.6) is 0 Å². The number of hydrogen-bond donors (Lipinski definition) is 0. The maximum absolute atomic E-state index is 6.28. The summed E-state index contributed by atoms with van der Waals surface area (Å²) in [6, 6.07) is 22.1. The van der Waals surface area contributed by atoms with Gasteiger partial charge in [0.25, 0.3) is 0 Å². The number of rotatable bonds is 2. The molecule has 2 aliphatic rings. The van der Waals surface area contributed by atoms with Gasteiger partial charge in [-0.25, -0.2) is 0 Å².